The molecule has 0 saturated heterocycles. The maximum atomic E-state index is 12.5. The first-order valence-corrected chi connectivity index (χ1v) is 10.4. The molecule has 0 fully saturated rings. The molecule has 31 heavy (non-hydrogen) atoms. The molecule has 2 amide bonds. The molecule has 3 N–H and O–H groups in total. The van der Waals surface area contributed by atoms with Crippen LogP contribution in [0.5, 0.6) is 0 Å². The van der Waals surface area contributed by atoms with Gasteiger partial charge < -0.3 is 15.5 Å². The number of aromatic nitrogens is 4. The fourth-order valence-corrected chi connectivity index (χ4v) is 4.00. The minimum Gasteiger partial charge on any atom is -0.345 e. The Morgan fingerprint density at radius 1 is 1.16 bits per heavy atom. The van der Waals surface area contributed by atoms with E-state index < -0.39 is 0 Å². The van der Waals surface area contributed by atoms with Gasteiger partial charge in [-0.25, -0.2) is 0 Å². The Balaban J connectivity index is 1.67. The molecular weight excluding hydrogens is 438 g/mol. The molecule has 0 atom stereocenters. The highest BCUT2D eigenvalue weighted by molar-refractivity contribution is 7.18. The summed E-state index contributed by atoms with van der Waals surface area (Å²) in [5.74, 6) is -0.416. The topological polar surface area (TPSA) is 116 Å². The number of nitrogens with zero attached hydrogens (tertiary/aromatic N) is 4. The van der Waals surface area contributed by atoms with Gasteiger partial charge in [-0.2, -0.15) is 5.10 Å². The number of hydrogen-bond acceptors (Lipinski definition) is 7. The van der Waals surface area contributed by atoms with E-state index in [0.29, 0.717) is 37.7 Å². The lowest BCUT2D eigenvalue weighted by Crippen LogP contribution is -2.22. The quantitative estimate of drug-likeness (QED) is 0.416. The Bertz CT molecular complexity index is 1300. The maximum Gasteiger partial charge on any atom is 0.253 e. The number of H-pyrrole nitrogens is 1. The van der Waals surface area contributed by atoms with E-state index in [4.69, 9.17) is 11.6 Å². The third-order valence-electron chi connectivity index (χ3n) is 4.38. The number of nitrogens with one attached hydrogen (secondary N) is 3. The first-order chi connectivity index (χ1) is 14.8. The van der Waals surface area contributed by atoms with Crippen molar-refractivity contribution in [3.8, 4) is 10.6 Å². The second-order valence-corrected chi connectivity index (χ2v) is 8.33. The second-order valence-electron chi connectivity index (χ2n) is 6.98. The Hall–Kier alpha value is -3.50. The van der Waals surface area contributed by atoms with Gasteiger partial charge in [0, 0.05) is 43.2 Å². The molecule has 0 aliphatic rings. The second kappa shape index (κ2) is 8.32. The smallest absolute Gasteiger partial charge is 0.253 e. The molecule has 4 rings (SSSR count). The zero-order valence-corrected chi connectivity index (χ0v) is 18.4. The molecule has 0 aliphatic carbocycles. The number of benzene rings is 2. The number of amides is 2. The van der Waals surface area contributed by atoms with Crippen LogP contribution in [0.2, 0.25) is 5.02 Å². The number of carbonyl (C=O) groups is 2. The lowest BCUT2D eigenvalue weighted by Gasteiger charge is -2.13. The van der Waals surface area contributed by atoms with E-state index in [0.717, 1.165) is 10.9 Å². The van der Waals surface area contributed by atoms with Gasteiger partial charge in [0.2, 0.25) is 11.0 Å². The Kier molecular flexibility index (Phi) is 5.57. The molecule has 2 aromatic carbocycles. The summed E-state index contributed by atoms with van der Waals surface area (Å²) < 4.78 is 0. The van der Waals surface area contributed by atoms with E-state index in [1.165, 1.54) is 23.2 Å². The van der Waals surface area contributed by atoms with Gasteiger partial charge in [0.1, 0.15) is 5.01 Å². The largest absolute Gasteiger partial charge is 0.345 e. The summed E-state index contributed by atoms with van der Waals surface area (Å²) >= 11 is 7.76. The molecular formula is C20H18ClN7O2S. The van der Waals surface area contributed by atoms with Crippen LogP contribution in [-0.2, 0) is 4.79 Å². The van der Waals surface area contributed by atoms with Crippen molar-refractivity contribution >= 4 is 62.2 Å². The number of aromatic amines is 1. The van der Waals surface area contributed by atoms with Gasteiger partial charge in [-0.3, -0.25) is 14.7 Å². The molecule has 2 heterocycles. The molecule has 0 aliphatic heterocycles. The van der Waals surface area contributed by atoms with Crippen molar-refractivity contribution in [3.63, 3.8) is 0 Å². The SMILES string of the molecule is CC(=O)Nc1cc(C(=O)N(C)C)cc(-c2nnc(Nc3ccc4[nH]ncc4c3Cl)s2)c1. The Labute approximate surface area is 186 Å². The normalized spacial score (nSPS) is 10.8. The van der Waals surface area contributed by atoms with Gasteiger partial charge in [-0.15, -0.1) is 10.2 Å². The number of fused-ring (bicyclic) bond motifs is 1. The number of rotatable bonds is 5. The van der Waals surface area contributed by atoms with Gasteiger partial charge in [-0.1, -0.05) is 22.9 Å². The third-order valence-corrected chi connectivity index (χ3v) is 5.67. The molecule has 0 saturated carbocycles. The molecule has 0 bridgehead atoms. The highest BCUT2D eigenvalue weighted by Crippen LogP contribution is 2.35. The van der Waals surface area contributed by atoms with Crippen LogP contribution in [0.1, 0.15) is 17.3 Å². The summed E-state index contributed by atoms with van der Waals surface area (Å²) in [5, 5.41) is 23.6. The van der Waals surface area contributed by atoms with Crippen LogP contribution in [0.4, 0.5) is 16.5 Å². The lowest BCUT2D eigenvalue weighted by atomic mass is 10.1. The standard InChI is InChI=1S/C20H18ClN7O2S/c1-10(29)23-13-7-11(6-12(8-13)19(30)28(2)3)18-26-27-20(31-18)24-16-5-4-15-14(17(16)21)9-22-25-15/h4-9H,1-3H3,(H,22,25)(H,23,29)(H,24,27). The molecule has 2 aromatic heterocycles. The van der Waals surface area contributed by atoms with Crippen LogP contribution in [0, 0.1) is 0 Å². The van der Waals surface area contributed by atoms with E-state index in [2.05, 4.69) is 31.0 Å². The van der Waals surface area contributed by atoms with Gasteiger partial charge in [-0.05, 0) is 30.3 Å². The van der Waals surface area contributed by atoms with Crippen molar-refractivity contribution in [3.05, 3.63) is 47.1 Å². The predicted octanol–water partition coefficient (Wildman–Crippen LogP) is 4.14. The van der Waals surface area contributed by atoms with E-state index in [1.807, 2.05) is 12.1 Å². The van der Waals surface area contributed by atoms with Crippen LogP contribution in [0.3, 0.4) is 0 Å². The number of anilines is 3. The highest BCUT2D eigenvalue weighted by Gasteiger charge is 2.16. The van der Waals surface area contributed by atoms with Crippen LogP contribution >= 0.6 is 22.9 Å². The minimum absolute atomic E-state index is 0.184. The maximum absolute atomic E-state index is 12.5. The van der Waals surface area contributed by atoms with Crippen molar-refractivity contribution in [1.82, 2.24) is 25.3 Å². The first kappa shape index (κ1) is 20.8. The molecule has 0 unspecified atom stereocenters. The predicted molar refractivity (Wildman–Crippen MR) is 122 cm³/mol. The van der Waals surface area contributed by atoms with E-state index in [-0.39, 0.29) is 11.8 Å². The average Bonchev–Trinajstić information content (AvgIpc) is 3.38. The molecule has 9 nitrogen and oxygen atoms in total. The van der Waals surface area contributed by atoms with Crippen LogP contribution < -0.4 is 10.6 Å². The van der Waals surface area contributed by atoms with Crippen LogP contribution in [0.25, 0.3) is 21.5 Å². The van der Waals surface area contributed by atoms with Crippen molar-refractivity contribution in [1.29, 1.82) is 0 Å². The summed E-state index contributed by atoms with van der Waals surface area (Å²) in [4.78, 5) is 25.5. The van der Waals surface area contributed by atoms with E-state index in [9.17, 15) is 9.59 Å². The van der Waals surface area contributed by atoms with Crippen molar-refractivity contribution in [2.45, 2.75) is 6.92 Å². The summed E-state index contributed by atoms with van der Waals surface area (Å²) in [5.41, 5.74) is 3.12. The van der Waals surface area contributed by atoms with Crippen molar-refractivity contribution in [2.24, 2.45) is 0 Å². The number of halogens is 1. The fourth-order valence-electron chi connectivity index (χ4n) is 2.99. The third kappa shape index (κ3) is 4.35. The molecule has 0 radical (unpaired) electrons. The molecule has 0 spiro atoms. The van der Waals surface area contributed by atoms with Crippen LogP contribution in [0.15, 0.2) is 36.5 Å². The van der Waals surface area contributed by atoms with Gasteiger partial charge in [0.15, 0.2) is 0 Å². The minimum atomic E-state index is -0.232. The average molecular weight is 456 g/mol. The van der Waals surface area contributed by atoms with E-state index >= 15 is 0 Å². The Morgan fingerprint density at radius 2 is 1.97 bits per heavy atom. The summed E-state index contributed by atoms with van der Waals surface area (Å²) in [6.45, 7) is 1.41. The summed E-state index contributed by atoms with van der Waals surface area (Å²) in [7, 11) is 3.33. The summed E-state index contributed by atoms with van der Waals surface area (Å²) in [6, 6.07) is 8.81. The fraction of sp³-hybridized carbons (Fsp3) is 0.150. The molecule has 4 aromatic rings. The molecule has 11 heteroatoms. The van der Waals surface area contributed by atoms with Gasteiger partial charge in [0.05, 0.1) is 22.4 Å². The Morgan fingerprint density at radius 3 is 2.71 bits per heavy atom. The molecule has 158 valence electrons. The highest BCUT2D eigenvalue weighted by atomic mass is 35.5. The van der Waals surface area contributed by atoms with Crippen molar-refractivity contribution < 1.29 is 9.59 Å². The lowest BCUT2D eigenvalue weighted by molar-refractivity contribution is -0.114. The first-order valence-electron chi connectivity index (χ1n) is 9.18. The zero-order valence-electron chi connectivity index (χ0n) is 16.9. The zero-order chi connectivity index (χ0) is 22.1. The van der Waals surface area contributed by atoms with Gasteiger partial charge >= 0.3 is 0 Å². The number of hydrogen-bond donors (Lipinski definition) is 3. The summed E-state index contributed by atoms with van der Waals surface area (Å²) in [6.07, 6.45) is 1.66. The van der Waals surface area contributed by atoms with Crippen LogP contribution in [-0.4, -0.2) is 51.2 Å². The monoisotopic (exact) mass is 455 g/mol. The van der Waals surface area contributed by atoms with E-state index in [1.54, 1.807) is 38.5 Å². The van der Waals surface area contributed by atoms with Crippen molar-refractivity contribution in [2.75, 3.05) is 24.7 Å². The number of carbonyl (C=O) groups excluding carboxylic acids is 2. The van der Waals surface area contributed by atoms with Gasteiger partial charge in [0.25, 0.3) is 5.91 Å².